The zero-order valence-electron chi connectivity index (χ0n) is 9.72. The Kier molecular flexibility index (Phi) is 3.91. The highest BCUT2D eigenvalue weighted by molar-refractivity contribution is 5.31. The van der Waals surface area contributed by atoms with E-state index in [1.165, 1.54) is 0 Å². The van der Waals surface area contributed by atoms with Crippen molar-refractivity contribution in [2.24, 2.45) is 0 Å². The summed E-state index contributed by atoms with van der Waals surface area (Å²) in [6.45, 7) is 4.12. The monoisotopic (exact) mass is 233 g/mol. The van der Waals surface area contributed by atoms with E-state index >= 15 is 0 Å². The molecule has 0 bridgehead atoms. The van der Waals surface area contributed by atoms with Gasteiger partial charge < -0.3 is 14.8 Å². The summed E-state index contributed by atoms with van der Waals surface area (Å²) in [6.07, 6.45) is 1.80. The fraction of sp³-hybridized carbons (Fsp3) is 0.500. The van der Waals surface area contributed by atoms with E-state index in [0.717, 1.165) is 13.1 Å². The van der Waals surface area contributed by atoms with E-state index in [4.69, 9.17) is 14.7 Å². The largest absolute Gasteiger partial charge is 0.475 e. The molecule has 0 saturated carbocycles. The van der Waals surface area contributed by atoms with Crippen LogP contribution in [0.2, 0.25) is 0 Å². The first kappa shape index (κ1) is 11.8. The zero-order valence-corrected chi connectivity index (χ0v) is 9.72. The molecular formula is C12H15N3O2. The number of pyridine rings is 1. The van der Waals surface area contributed by atoms with Crippen LogP contribution in [0.1, 0.15) is 12.5 Å². The lowest BCUT2D eigenvalue weighted by atomic mass is 10.2. The second kappa shape index (κ2) is 5.62. The molecule has 2 atom stereocenters. The van der Waals surface area contributed by atoms with E-state index in [1.54, 1.807) is 18.3 Å². The molecule has 17 heavy (non-hydrogen) atoms. The van der Waals surface area contributed by atoms with Crippen molar-refractivity contribution >= 4 is 0 Å². The maximum absolute atomic E-state index is 8.75. The molecule has 0 radical (unpaired) electrons. The van der Waals surface area contributed by atoms with E-state index < -0.39 is 0 Å². The van der Waals surface area contributed by atoms with Gasteiger partial charge in [-0.05, 0) is 13.0 Å². The Hall–Kier alpha value is -1.64. The molecule has 2 rings (SSSR count). The quantitative estimate of drug-likeness (QED) is 0.832. The molecule has 5 heteroatoms. The Bertz CT molecular complexity index is 416. The van der Waals surface area contributed by atoms with E-state index in [9.17, 15) is 0 Å². The molecule has 1 fully saturated rings. The molecular weight excluding hydrogens is 218 g/mol. The topological polar surface area (TPSA) is 67.2 Å². The van der Waals surface area contributed by atoms with Crippen LogP contribution >= 0.6 is 0 Å². The number of rotatable bonds is 3. The molecule has 90 valence electrons. The lowest BCUT2D eigenvalue weighted by Crippen LogP contribution is -2.45. The summed E-state index contributed by atoms with van der Waals surface area (Å²) in [7, 11) is 0. The van der Waals surface area contributed by atoms with Gasteiger partial charge in [-0.3, -0.25) is 0 Å². The van der Waals surface area contributed by atoms with Gasteiger partial charge in [-0.25, -0.2) is 4.98 Å². The van der Waals surface area contributed by atoms with Crippen LogP contribution in [0, 0.1) is 11.3 Å². The summed E-state index contributed by atoms with van der Waals surface area (Å²) >= 11 is 0. The summed E-state index contributed by atoms with van der Waals surface area (Å²) in [5, 5.41) is 12.0. The molecule has 1 aliphatic heterocycles. The Morgan fingerprint density at radius 2 is 2.53 bits per heavy atom. The fourth-order valence-corrected chi connectivity index (χ4v) is 1.71. The zero-order chi connectivity index (χ0) is 12.1. The summed E-state index contributed by atoms with van der Waals surface area (Å²) in [5.74, 6) is 0.464. The normalized spacial score (nSPS) is 24.0. The van der Waals surface area contributed by atoms with Crippen LogP contribution in [0.15, 0.2) is 18.3 Å². The van der Waals surface area contributed by atoms with Gasteiger partial charge in [-0.2, -0.15) is 5.26 Å². The van der Waals surface area contributed by atoms with Gasteiger partial charge in [-0.15, -0.1) is 0 Å². The molecule has 0 spiro atoms. The highest BCUT2D eigenvalue weighted by Crippen LogP contribution is 2.10. The lowest BCUT2D eigenvalue weighted by Gasteiger charge is -2.28. The molecule has 1 saturated heterocycles. The van der Waals surface area contributed by atoms with Crippen LogP contribution < -0.4 is 10.1 Å². The van der Waals surface area contributed by atoms with Gasteiger partial charge in [-0.1, -0.05) is 0 Å². The van der Waals surface area contributed by atoms with Crippen LogP contribution in [0.25, 0.3) is 0 Å². The third-order valence-corrected chi connectivity index (χ3v) is 2.51. The second-order valence-corrected chi connectivity index (χ2v) is 4.03. The Morgan fingerprint density at radius 3 is 3.29 bits per heavy atom. The minimum atomic E-state index is 0.0336. The van der Waals surface area contributed by atoms with Crippen LogP contribution in [0.5, 0.6) is 5.88 Å². The van der Waals surface area contributed by atoms with Crippen LogP contribution in [0.3, 0.4) is 0 Å². The summed E-state index contributed by atoms with van der Waals surface area (Å²) < 4.78 is 11.2. The first-order valence-electron chi connectivity index (χ1n) is 5.63. The molecule has 2 heterocycles. The number of hydrogen-bond donors (Lipinski definition) is 1. The van der Waals surface area contributed by atoms with Crippen molar-refractivity contribution in [3.63, 3.8) is 0 Å². The van der Waals surface area contributed by atoms with Gasteiger partial charge in [0.15, 0.2) is 0 Å². The maximum Gasteiger partial charge on any atom is 0.214 e. The Labute approximate surface area is 100 Å². The van der Waals surface area contributed by atoms with Gasteiger partial charge in [0, 0.05) is 25.4 Å². The van der Waals surface area contributed by atoms with Gasteiger partial charge in [0.1, 0.15) is 12.7 Å². The first-order chi connectivity index (χ1) is 8.28. The van der Waals surface area contributed by atoms with Crippen molar-refractivity contribution < 1.29 is 9.47 Å². The van der Waals surface area contributed by atoms with Crippen molar-refractivity contribution in [2.45, 2.75) is 19.1 Å². The molecule has 2 unspecified atom stereocenters. The molecule has 0 aromatic carbocycles. The van der Waals surface area contributed by atoms with Crippen LogP contribution in [0.4, 0.5) is 0 Å². The number of nitrogens with zero attached hydrogens (tertiary/aromatic N) is 2. The van der Waals surface area contributed by atoms with Gasteiger partial charge in [0.05, 0.1) is 17.7 Å². The minimum absolute atomic E-state index is 0.0336. The Morgan fingerprint density at radius 1 is 1.65 bits per heavy atom. The predicted octanol–water partition coefficient (Wildman–Crippen LogP) is 0.709. The highest BCUT2D eigenvalue weighted by Gasteiger charge is 2.19. The Balaban J connectivity index is 1.87. The summed E-state index contributed by atoms with van der Waals surface area (Å²) in [4.78, 5) is 4.04. The third-order valence-electron chi connectivity index (χ3n) is 2.51. The fourth-order valence-electron chi connectivity index (χ4n) is 1.71. The van der Waals surface area contributed by atoms with Gasteiger partial charge >= 0.3 is 0 Å². The summed E-state index contributed by atoms with van der Waals surface area (Å²) in [6, 6.07) is 5.32. The van der Waals surface area contributed by atoms with Gasteiger partial charge in [0.2, 0.25) is 5.88 Å². The molecule has 5 nitrogen and oxygen atoms in total. The smallest absolute Gasteiger partial charge is 0.214 e. The molecule has 1 aromatic rings. The van der Waals surface area contributed by atoms with Crippen molar-refractivity contribution in [3.05, 3.63) is 23.9 Å². The van der Waals surface area contributed by atoms with Crippen molar-refractivity contribution in [2.75, 3.05) is 19.7 Å². The molecule has 0 aliphatic carbocycles. The molecule has 1 N–H and O–H groups in total. The lowest BCUT2D eigenvalue weighted by molar-refractivity contribution is -0.0476. The average Bonchev–Trinajstić information content (AvgIpc) is 2.37. The number of aromatic nitrogens is 1. The maximum atomic E-state index is 8.75. The number of hydrogen-bond acceptors (Lipinski definition) is 5. The van der Waals surface area contributed by atoms with E-state index in [-0.39, 0.29) is 12.2 Å². The standard InChI is InChI=1S/C12H15N3O2/c1-9-6-14-7-11(17-9)8-16-12-4-10(5-13)2-3-15-12/h2-4,9,11,14H,6-8H2,1H3. The SMILES string of the molecule is CC1CNCC(COc2cc(C#N)ccn2)O1. The minimum Gasteiger partial charge on any atom is -0.475 e. The third kappa shape index (κ3) is 3.41. The first-order valence-corrected chi connectivity index (χ1v) is 5.63. The van der Waals surface area contributed by atoms with Crippen LogP contribution in [-0.4, -0.2) is 36.9 Å². The number of ether oxygens (including phenoxy) is 2. The molecule has 1 aliphatic rings. The molecule has 0 amide bonds. The van der Waals surface area contributed by atoms with Crippen molar-refractivity contribution in [3.8, 4) is 11.9 Å². The highest BCUT2D eigenvalue weighted by atomic mass is 16.5. The van der Waals surface area contributed by atoms with E-state index in [0.29, 0.717) is 18.1 Å². The van der Waals surface area contributed by atoms with Crippen molar-refractivity contribution in [1.82, 2.24) is 10.3 Å². The van der Waals surface area contributed by atoms with E-state index in [1.807, 2.05) is 13.0 Å². The second-order valence-electron chi connectivity index (χ2n) is 4.03. The molecule has 1 aromatic heterocycles. The summed E-state index contributed by atoms with van der Waals surface area (Å²) in [5.41, 5.74) is 0.547. The average molecular weight is 233 g/mol. The van der Waals surface area contributed by atoms with Gasteiger partial charge in [0.25, 0.3) is 0 Å². The number of nitriles is 1. The van der Waals surface area contributed by atoms with E-state index in [2.05, 4.69) is 10.3 Å². The number of nitrogens with one attached hydrogen (secondary N) is 1. The predicted molar refractivity (Wildman–Crippen MR) is 61.7 cm³/mol. The number of morpholine rings is 1. The van der Waals surface area contributed by atoms with Crippen LogP contribution in [-0.2, 0) is 4.74 Å². The van der Waals surface area contributed by atoms with Crippen molar-refractivity contribution in [1.29, 1.82) is 5.26 Å².